The van der Waals surface area contributed by atoms with Crippen LogP contribution in [0, 0.1) is 0 Å². The molecule has 0 aromatic rings. The first-order valence-corrected chi connectivity index (χ1v) is 5.99. The summed E-state index contributed by atoms with van der Waals surface area (Å²) in [7, 11) is 0. The fourth-order valence-corrected chi connectivity index (χ4v) is 2.31. The molecule has 15 heavy (non-hydrogen) atoms. The van der Waals surface area contributed by atoms with Crippen molar-refractivity contribution in [2.24, 2.45) is 0 Å². The Balaban J connectivity index is 1.70. The molecule has 0 aliphatic carbocycles. The van der Waals surface area contributed by atoms with Gasteiger partial charge in [-0.25, -0.2) is 4.39 Å². The van der Waals surface area contributed by atoms with Crippen LogP contribution in [0.1, 0.15) is 25.7 Å². The lowest BCUT2D eigenvalue weighted by molar-refractivity contribution is 0.0648. The van der Waals surface area contributed by atoms with Gasteiger partial charge in [0.05, 0.1) is 0 Å². The molecule has 2 fully saturated rings. The van der Waals surface area contributed by atoms with Gasteiger partial charge in [-0.2, -0.15) is 0 Å². The molecular weight excluding hydrogens is 195 g/mol. The first-order chi connectivity index (χ1) is 7.29. The Morgan fingerprint density at radius 3 is 2.87 bits per heavy atom. The summed E-state index contributed by atoms with van der Waals surface area (Å²) in [6.45, 7) is 3.58. The molecule has 88 valence electrons. The number of halogens is 1. The summed E-state index contributed by atoms with van der Waals surface area (Å²) >= 11 is 0. The van der Waals surface area contributed by atoms with Crippen LogP contribution in [0.5, 0.6) is 0 Å². The van der Waals surface area contributed by atoms with Gasteiger partial charge < -0.3 is 15.4 Å². The largest absolute Gasteiger partial charge is 0.381 e. The van der Waals surface area contributed by atoms with E-state index in [4.69, 9.17) is 4.74 Å². The summed E-state index contributed by atoms with van der Waals surface area (Å²) in [4.78, 5) is 0. The number of ether oxygens (including phenoxy) is 1. The number of hydrogen-bond acceptors (Lipinski definition) is 3. The quantitative estimate of drug-likeness (QED) is 0.733. The fraction of sp³-hybridized carbons (Fsp3) is 1.00. The first-order valence-electron chi connectivity index (χ1n) is 5.99. The summed E-state index contributed by atoms with van der Waals surface area (Å²) in [6, 6.07) is 0.452. The average Bonchev–Trinajstić information content (AvgIpc) is 2.29. The summed E-state index contributed by atoms with van der Waals surface area (Å²) in [5.41, 5.74) is -1.03. The molecule has 0 amide bonds. The van der Waals surface area contributed by atoms with E-state index in [1.54, 1.807) is 0 Å². The maximum absolute atomic E-state index is 14.2. The minimum atomic E-state index is -1.03. The lowest BCUT2D eigenvalue weighted by Gasteiger charge is -2.33. The second-order valence-corrected chi connectivity index (χ2v) is 4.70. The van der Waals surface area contributed by atoms with Crippen molar-refractivity contribution in [3.8, 4) is 0 Å². The Labute approximate surface area is 90.8 Å². The number of hydrogen-bond donors (Lipinski definition) is 2. The highest BCUT2D eigenvalue weighted by Crippen LogP contribution is 2.20. The Morgan fingerprint density at radius 1 is 1.40 bits per heavy atom. The van der Waals surface area contributed by atoms with Crippen LogP contribution in [0.15, 0.2) is 0 Å². The van der Waals surface area contributed by atoms with E-state index in [0.717, 1.165) is 39.0 Å². The van der Waals surface area contributed by atoms with E-state index in [9.17, 15) is 4.39 Å². The SMILES string of the molecule is FC1(CNC2CCOCC2)CCCNC1. The summed E-state index contributed by atoms with van der Waals surface area (Å²) in [6.07, 6.45) is 3.68. The minimum absolute atomic E-state index is 0.452. The highest BCUT2D eigenvalue weighted by molar-refractivity contribution is 4.89. The second-order valence-electron chi connectivity index (χ2n) is 4.70. The third-order valence-corrected chi connectivity index (χ3v) is 3.35. The van der Waals surface area contributed by atoms with Crippen LogP contribution < -0.4 is 10.6 Å². The number of rotatable bonds is 3. The van der Waals surface area contributed by atoms with Gasteiger partial charge in [0, 0.05) is 32.3 Å². The molecule has 2 N–H and O–H groups in total. The zero-order valence-corrected chi connectivity index (χ0v) is 9.23. The highest BCUT2D eigenvalue weighted by atomic mass is 19.1. The maximum atomic E-state index is 14.2. The van der Waals surface area contributed by atoms with Crippen LogP contribution in [0.2, 0.25) is 0 Å². The molecule has 2 saturated heterocycles. The van der Waals surface area contributed by atoms with Crippen LogP contribution in [0.3, 0.4) is 0 Å². The molecule has 0 bridgehead atoms. The van der Waals surface area contributed by atoms with Crippen LogP contribution in [0.25, 0.3) is 0 Å². The van der Waals surface area contributed by atoms with Crippen molar-refractivity contribution in [1.29, 1.82) is 0 Å². The number of nitrogens with one attached hydrogen (secondary N) is 2. The van der Waals surface area contributed by atoms with E-state index < -0.39 is 5.67 Å². The average molecular weight is 216 g/mol. The van der Waals surface area contributed by atoms with Gasteiger partial charge in [-0.1, -0.05) is 0 Å². The predicted octanol–water partition coefficient (Wildman–Crippen LogP) is 0.847. The van der Waals surface area contributed by atoms with Gasteiger partial charge in [0.1, 0.15) is 5.67 Å². The van der Waals surface area contributed by atoms with Crippen molar-refractivity contribution >= 4 is 0 Å². The molecule has 0 aromatic heterocycles. The molecule has 0 spiro atoms. The normalized spacial score (nSPS) is 34.2. The summed E-state index contributed by atoms with van der Waals surface area (Å²) in [5.74, 6) is 0. The van der Waals surface area contributed by atoms with Gasteiger partial charge in [-0.15, -0.1) is 0 Å². The van der Waals surface area contributed by atoms with Crippen molar-refractivity contribution < 1.29 is 9.13 Å². The predicted molar refractivity (Wildman–Crippen MR) is 57.8 cm³/mol. The molecule has 2 aliphatic heterocycles. The van der Waals surface area contributed by atoms with Crippen molar-refractivity contribution in [1.82, 2.24) is 10.6 Å². The monoisotopic (exact) mass is 216 g/mol. The molecule has 0 saturated carbocycles. The van der Waals surface area contributed by atoms with Crippen LogP contribution in [-0.2, 0) is 4.74 Å². The Morgan fingerprint density at radius 2 is 2.20 bits per heavy atom. The molecule has 3 nitrogen and oxygen atoms in total. The second kappa shape index (κ2) is 5.23. The first kappa shape index (κ1) is 11.3. The molecule has 2 aliphatic rings. The third kappa shape index (κ3) is 3.40. The van der Waals surface area contributed by atoms with E-state index in [1.807, 2.05) is 0 Å². The van der Waals surface area contributed by atoms with Gasteiger partial charge in [0.15, 0.2) is 0 Å². The highest BCUT2D eigenvalue weighted by Gasteiger charge is 2.32. The van der Waals surface area contributed by atoms with Gasteiger partial charge >= 0.3 is 0 Å². The summed E-state index contributed by atoms with van der Waals surface area (Å²) < 4.78 is 19.4. The van der Waals surface area contributed by atoms with E-state index in [-0.39, 0.29) is 0 Å². The lowest BCUT2D eigenvalue weighted by Crippen LogP contribution is -2.51. The van der Waals surface area contributed by atoms with Gasteiger partial charge in [0.25, 0.3) is 0 Å². The van der Waals surface area contributed by atoms with E-state index in [1.165, 1.54) is 0 Å². The van der Waals surface area contributed by atoms with Gasteiger partial charge in [0.2, 0.25) is 0 Å². The number of piperidine rings is 1. The van der Waals surface area contributed by atoms with Crippen LogP contribution >= 0.6 is 0 Å². The molecule has 4 heteroatoms. The standard InChI is InChI=1S/C11H21FN2O/c12-11(4-1-5-13-8-11)9-14-10-2-6-15-7-3-10/h10,13-14H,1-9H2. The Kier molecular flexibility index (Phi) is 3.94. The van der Waals surface area contributed by atoms with E-state index in [0.29, 0.717) is 25.6 Å². The molecule has 1 atom stereocenters. The van der Waals surface area contributed by atoms with Gasteiger partial charge in [-0.3, -0.25) is 0 Å². The van der Waals surface area contributed by atoms with Crippen molar-refractivity contribution in [2.45, 2.75) is 37.4 Å². The van der Waals surface area contributed by atoms with E-state index in [2.05, 4.69) is 10.6 Å². The van der Waals surface area contributed by atoms with Gasteiger partial charge in [-0.05, 0) is 32.2 Å². The number of alkyl halides is 1. The summed E-state index contributed by atoms with van der Waals surface area (Å²) in [5, 5.41) is 6.46. The Bertz CT molecular complexity index is 189. The van der Waals surface area contributed by atoms with Crippen LogP contribution in [0.4, 0.5) is 4.39 Å². The van der Waals surface area contributed by atoms with Crippen molar-refractivity contribution in [2.75, 3.05) is 32.8 Å². The third-order valence-electron chi connectivity index (χ3n) is 3.35. The zero-order chi connectivity index (χ0) is 10.6. The topological polar surface area (TPSA) is 33.3 Å². The molecule has 2 heterocycles. The van der Waals surface area contributed by atoms with Crippen molar-refractivity contribution in [3.05, 3.63) is 0 Å². The molecule has 2 rings (SSSR count). The van der Waals surface area contributed by atoms with E-state index >= 15 is 0 Å². The van der Waals surface area contributed by atoms with Crippen molar-refractivity contribution in [3.63, 3.8) is 0 Å². The molecular formula is C11H21FN2O. The smallest absolute Gasteiger partial charge is 0.135 e. The zero-order valence-electron chi connectivity index (χ0n) is 9.23. The minimum Gasteiger partial charge on any atom is -0.381 e. The molecule has 1 unspecified atom stereocenters. The molecule has 0 aromatic carbocycles. The Hall–Kier alpha value is -0.190. The maximum Gasteiger partial charge on any atom is 0.135 e. The molecule has 0 radical (unpaired) electrons. The lowest BCUT2D eigenvalue weighted by atomic mass is 9.95. The fourth-order valence-electron chi connectivity index (χ4n) is 2.31. The van der Waals surface area contributed by atoms with Crippen LogP contribution in [-0.4, -0.2) is 44.6 Å².